The predicted octanol–water partition coefficient (Wildman–Crippen LogP) is 1.58. The zero-order valence-corrected chi connectivity index (χ0v) is 18.5. The van der Waals surface area contributed by atoms with Crippen molar-refractivity contribution < 1.29 is 5.11 Å². The fourth-order valence-electron chi connectivity index (χ4n) is 3.84. The molecule has 0 saturated heterocycles. The molecule has 1 unspecified atom stereocenters. The molecule has 0 amide bonds. The molecule has 3 aromatic rings. The Balaban J connectivity index is 1.35. The molecule has 3 rings (SSSR count). The summed E-state index contributed by atoms with van der Waals surface area (Å²) in [7, 11) is 3.37. The van der Waals surface area contributed by atoms with Crippen molar-refractivity contribution in [3.8, 4) is 0 Å². The maximum Gasteiger partial charge on any atom is 0.332 e. The molecule has 1 aromatic carbocycles. The van der Waals surface area contributed by atoms with E-state index in [-0.39, 0.29) is 11.2 Å². The number of aromatic nitrogens is 4. The number of aliphatic hydroxyl groups is 1. The Labute approximate surface area is 182 Å². The Kier molecular flexibility index (Phi) is 8.20. The highest BCUT2D eigenvalue weighted by Gasteiger charge is 2.14. The monoisotopic (exact) mass is 427 g/mol. The minimum Gasteiger partial charge on any atom is -0.392 e. The molecule has 0 saturated carbocycles. The van der Waals surface area contributed by atoms with Gasteiger partial charge in [-0.3, -0.25) is 13.9 Å². The number of unbranched alkanes of at least 4 members (excludes halogenated alkanes) is 2. The third kappa shape index (κ3) is 5.92. The van der Waals surface area contributed by atoms with Gasteiger partial charge < -0.3 is 15.0 Å². The normalized spacial score (nSPS) is 12.5. The van der Waals surface area contributed by atoms with Crippen LogP contribution in [-0.4, -0.2) is 43.0 Å². The lowest BCUT2D eigenvalue weighted by molar-refractivity contribution is 0.157. The summed E-state index contributed by atoms with van der Waals surface area (Å²) in [6.45, 7) is 1.79. The summed E-state index contributed by atoms with van der Waals surface area (Å²) in [6.07, 6.45) is 6.44. The van der Waals surface area contributed by atoms with Crippen molar-refractivity contribution in [1.82, 2.24) is 24.0 Å². The number of aliphatic hydroxyl groups excluding tert-OH is 1. The van der Waals surface area contributed by atoms with Crippen LogP contribution in [0.4, 0.5) is 0 Å². The van der Waals surface area contributed by atoms with E-state index >= 15 is 0 Å². The number of rotatable bonds is 12. The number of benzene rings is 1. The van der Waals surface area contributed by atoms with E-state index in [1.54, 1.807) is 25.0 Å². The first-order valence-corrected chi connectivity index (χ1v) is 11.0. The van der Waals surface area contributed by atoms with E-state index in [4.69, 9.17) is 0 Å². The van der Waals surface area contributed by atoms with Crippen molar-refractivity contribution in [3.05, 3.63) is 63.1 Å². The first-order valence-electron chi connectivity index (χ1n) is 11.0. The van der Waals surface area contributed by atoms with Gasteiger partial charge in [-0.2, -0.15) is 0 Å². The van der Waals surface area contributed by atoms with Gasteiger partial charge in [-0.15, -0.1) is 0 Å². The van der Waals surface area contributed by atoms with Gasteiger partial charge in [-0.1, -0.05) is 30.3 Å². The van der Waals surface area contributed by atoms with Crippen LogP contribution < -0.4 is 16.6 Å². The van der Waals surface area contributed by atoms with E-state index in [1.165, 1.54) is 14.7 Å². The number of hydrogen-bond acceptors (Lipinski definition) is 5. The predicted molar refractivity (Wildman–Crippen MR) is 122 cm³/mol. The quantitative estimate of drug-likeness (QED) is 0.428. The van der Waals surface area contributed by atoms with Gasteiger partial charge in [0.2, 0.25) is 0 Å². The van der Waals surface area contributed by atoms with E-state index in [1.807, 2.05) is 6.07 Å². The van der Waals surface area contributed by atoms with Gasteiger partial charge in [0.05, 0.1) is 12.4 Å². The van der Waals surface area contributed by atoms with Crippen molar-refractivity contribution in [2.75, 3.05) is 13.1 Å². The molecule has 8 heteroatoms. The maximum atomic E-state index is 12.7. The van der Waals surface area contributed by atoms with Crippen LogP contribution in [0.1, 0.15) is 37.7 Å². The van der Waals surface area contributed by atoms with Crippen LogP contribution in [0.3, 0.4) is 0 Å². The molecule has 0 aliphatic heterocycles. The van der Waals surface area contributed by atoms with Crippen LogP contribution in [-0.2, 0) is 27.1 Å². The molecule has 2 heterocycles. The topological polar surface area (TPSA) is 94.1 Å². The molecule has 0 aliphatic carbocycles. The van der Waals surface area contributed by atoms with Crippen LogP contribution in [0, 0.1) is 0 Å². The minimum atomic E-state index is -0.423. The Morgan fingerprint density at radius 1 is 1.06 bits per heavy atom. The van der Waals surface area contributed by atoms with E-state index < -0.39 is 6.10 Å². The lowest BCUT2D eigenvalue weighted by atomic mass is 10.1. The van der Waals surface area contributed by atoms with Gasteiger partial charge in [0.1, 0.15) is 0 Å². The third-order valence-electron chi connectivity index (χ3n) is 5.66. The highest BCUT2D eigenvalue weighted by atomic mass is 16.3. The fourth-order valence-corrected chi connectivity index (χ4v) is 3.84. The summed E-state index contributed by atoms with van der Waals surface area (Å²) in [4.78, 5) is 29.3. The number of imidazole rings is 1. The van der Waals surface area contributed by atoms with Gasteiger partial charge in [-0.05, 0) is 50.6 Å². The Hall–Kier alpha value is -2.71. The maximum absolute atomic E-state index is 12.7. The van der Waals surface area contributed by atoms with E-state index in [9.17, 15) is 14.7 Å². The minimum absolute atomic E-state index is 0.309. The zero-order valence-electron chi connectivity index (χ0n) is 18.5. The van der Waals surface area contributed by atoms with Crippen molar-refractivity contribution in [2.24, 2.45) is 14.1 Å². The van der Waals surface area contributed by atoms with Crippen molar-refractivity contribution in [1.29, 1.82) is 0 Å². The van der Waals surface area contributed by atoms with Crippen LogP contribution in [0.15, 0.2) is 46.2 Å². The first kappa shape index (κ1) is 23.0. The summed E-state index contributed by atoms with van der Waals surface area (Å²) in [5, 5.41) is 13.5. The summed E-state index contributed by atoms with van der Waals surface area (Å²) in [6, 6.07) is 10.5. The molecule has 2 N–H and O–H groups in total. The van der Waals surface area contributed by atoms with Gasteiger partial charge in [-0.25, -0.2) is 9.78 Å². The Bertz CT molecular complexity index is 1080. The second-order valence-corrected chi connectivity index (χ2v) is 8.12. The van der Waals surface area contributed by atoms with Gasteiger partial charge >= 0.3 is 5.69 Å². The zero-order chi connectivity index (χ0) is 22.2. The lowest BCUT2D eigenvalue weighted by Gasteiger charge is -2.12. The number of fused-ring (bicyclic) bond motifs is 1. The molecule has 2 aromatic heterocycles. The average molecular weight is 428 g/mol. The van der Waals surface area contributed by atoms with Crippen molar-refractivity contribution >= 4 is 11.2 Å². The van der Waals surface area contributed by atoms with E-state index in [0.29, 0.717) is 37.1 Å². The second kappa shape index (κ2) is 11.1. The summed E-state index contributed by atoms with van der Waals surface area (Å²) in [5.74, 6) is 0. The Morgan fingerprint density at radius 3 is 2.61 bits per heavy atom. The number of aryl methyl sites for hydroxylation is 3. The molecular formula is C23H33N5O3. The highest BCUT2D eigenvalue weighted by molar-refractivity contribution is 5.69. The van der Waals surface area contributed by atoms with Gasteiger partial charge in [0, 0.05) is 27.2 Å². The summed E-state index contributed by atoms with van der Waals surface area (Å²) >= 11 is 0. The molecule has 0 radical (unpaired) electrons. The lowest BCUT2D eigenvalue weighted by Crippen LogP contribution is -2.39. The molecule has 0 fully saturated rings. The SMILES string of the molecule is Cn1cnc2c1c(=O)n(CCCCC(O)CNCCCCc1ccccc1)c(=O)n2C. The molecule has 0 bridgehead atoms. The van der Waals surface area contributed by atoms with Crippen molar-refractivity contribution in [3.63, 3.8) is 0 Å². The van der Waals surface area contributed by atoms with Crippen LogP contribution in [0.5, 0.6) is 0 Å². The average Bonchev–Trinajstić information content (AvgIpc) is 3.16. The summed E-state index contributed by atoms with van der Waals surface area (Å²) in [5.41, 5.74) is 1.53. The number of nitrogens with zero attached hydrogens (tertiary/aromatic N) is 4. The third-order valence-corrected chi connectivity index (χ3v) is 5.66. The van der Waals surface area contributed by atoms with Crippen LogP contribution >= 0.6 is 0 Å². The number of nitrogens with one attached hydrogen (secondary N) is 1. The number of hydrogen-bond donors (Lipinski definition) is 2. The molecule has 168 valence electrons. The second-order valence-electron chi connectivity index (χ2n) is 8.12. The summed E-state index contributed by atoms with van der Waals surface area (Å²) < 4.78 is 4.32. The largest absolute Gasteiger partial charge is 0.392 e. The van der Waals surface area contributed by atoms with Crippen LogP contribution in [0.25, 0.3) is 11.2 Å². The smallest absolute Gasteiger partial charge is 0.332 e. The Morgan fingerprint density at radius 2 is 1.84 bits per heavy atom. The molecule has 8 nitrogen and oxygen atoms in total. The van der Waals surface area contributed by atoms with E-state index in [0.717, 1.165) is 32.2 Å². The standard InChI is InChI=1S/C23H33N5O3/c1-26-17-25-21-20(26)22(30)28(23(31)27(21)2)15-9-7-13-19(29)16-24-14-8-6-12-18-10-4-3-5-11-18/h3-5,10-11,17,19,24,29H,6-9,12-16H2,1-2H3. The van der Waals surface area contributed by atoms with Crippen molar-refractivity contribution in [2.45, 2.75) is 51.2 Å². The highest BCUT2D eigenvalue weighted by Crippen LogP contribution is 2.06. The molecule has 31 heavy (non-hydrogen) atoms. The molecule has 0 aliphatic rings. The van der Waals surface area contributed by atoms with Crippen LogP contribution in [0.2, 0.25) is 0 Å². The fraction of sp³-hybridized carbons (Fsp3) is 0.522. The molecule has 1 atom stereocenters. The molecule has 0 spiro atoms. The van der Waals surface area contributed by atoms with E-state index in [2.05, 4.69) is 34.6 Å². The first-order chi connectivity index (χ1) is 15.0. The van der Waals surface area contributed by atoms with Gasteiger partial charge in [0.25, 0.3) is 5.56 Å². The molecular weight excluding hydrogens is 394 g/mol. The van der Waals surface area contributed by atoms with Gasteiger partial charge in [0.15, 0.2) is 11.2 Å².